The summed E-state index contributed by atoms with van der Waals surface area (Å²) in [4.78, 5) is 2.32. The van der Waals surface area contributed by atoms with Crippen LogP contribution in [0.25, 0.3) is 0 Å². The summed E-state index contributed by atoms with van der Waals surface area (Å²) in [7, 11) is 0. The quantitative estimate of drug-likeness (QED) is 0.694. The van der Waals surface area contributed by atoms with E-state index in [1.165, 1.54) is 25.7 Å². The third-order valence-corrected chi connectivity index (χ3v) is 4.71. The molecule has 0 N–H and O–H groups in total. The first-order chi connectivity index (χ1) is 5.86. The Morgan fingerprint density at radius 3 is 3.00 bits per heavy atom. The van der Waals surface area contributed by atoms with E-state index in [1.807, 2.05) is 11.3 Å². The van der Waals surface area contributed by atoms with E-state index in [1.54, 1.807) is 4.88 Å². The summed E-state index contributed by atoms with van der Waals surface area (Å²) >= 11 is 5.65. The second kappa shape index (κ2) is 3.93. The summed E-state index contributed by atoms with van der Waals surface area (Å²) in [5.41, 5.74) is 0. The van der Waals surface area contributed by atoms with Gasteiger partial charge in [-0.15, -0.1) is 11.3 Å². The molecule has 2 atom stereocenters. The molecule has 1 fully saturated rings. The van der Waals surface area contributed by atoms with Gasteiger partial charge in [-0.3, -0.25) is 0 Å². The van der Waals surface area contributed by atoms with Gasteiger partial charge in [0.25, 0.3) is 0 Å². The first-order valence-electron chi connectivity index (χ1n) is 4.53. The fourth-order valence-electron chi connectivity index (χ4n) is 1.91. The van der Waals surface area contributed by atoms with Crippen molar-refractivity contribution < 1.29 is 0 Å². The fraction of sp³-hybridized carbons (Fsp3) is 0.600. The minimum atomic E-state index is 0.777. The highest BCUT2D eigenvalue weighted by atomic mass is 79.9. The molecule has 1 aromatic rings. The molecule has 1 aliphatic carbocycles. The molecule has 1 aliphatic rings. The predicted molar refractivity (Wildman–Crippen MR) is 58.1 cm³/mol. The normalized spacial score (nSPS) is 29.4. The van der Waals surface area contributed by atoms with Crippen molar-refractivity contribution in [1.29, 1.82) is 0 Å². The van der Waals surface area contributed by atoms with Crippen molar-refractivity contribution in [2.45, 2.75) is 30.5 Å². The monoisotopic (exact) mass is 244 g/mol. The predicted octanol–water partition coefficient (Wildman–Crippen LogP) is 3.85. The molecule has 66 valence electrons. The SMILES string of the molecule is BrC1CCCC1Cc1cccs1. The summed E-state index contributed by atoms with van der Waals surface area (Å²) in [6.07, 6.45) is 5.48. The summed E-state index contributed by atoms with van der Waals surface area (Å²) < 4.78 is 0. The Labute approximate surface area is 86.1 Å². The Hall–Kier alpha value is 0.180. The van der Waals surface area contributed by atoms with Crippen LogP contribution in [0.5, 0.6) is 0 Å². The van der Waals surface area contributed by atoms with Crippen LogP contribution in [0.4, 0.5) is 0 Å². The van der Waals surface area contributed by atoms with E-state index >= 15 is 0 Å². The van der Waals surface area contributed by atoms with Gasteiger partial charge in [0.1, 0.15) is 0 Å². The van der Waals surface area contributed by atoms with Gasteiger partial charge >= 0.3 is 0 Å². The molecule has 12 heavy (non-hydrogen) atoms. The molecule has 2 rings (SSSR count). The van der Waals surface area contributed by atoms with Crippen LogP contribution in [-0.2, 0) is 6.42 Å². The van der Waals surface area contributed by atoms with Gasteiger partial charge < -0.3 is 0 Å². The molecular weight excluding hydrogens is 232 g/mol. The molecule has 1 saturated carbocycles. The van der Waals surface area contributed by atoms with E-state index < -0.39 is 0 Å². The van der Waals surface area contributed by atoms with Crippen LogP contribution in [0.2, 0.25) is 0 Å². The molecule has 0 amide bonds. The van der Waals surface area contributed by atoms with E-state index in [4.69, 9.17) is 0 Å². The highest BCUT2D eigenvalue weighted by molar-refractivity contribution is 9.09. The van der Waals surface area contributed by atoms with Crippen molar-refractivity contribution in [3.8, 4) is 0 Å². The highest BCUT2D eigenvalue weighted by Gasteiger charge is 2.24. The van der Waals surface area contributed by atoms with Crippen LogP contribution < -0.4 is 0 Å². The van der Waals surface area contributed by atoms with Gasteiger partial charge in [-0.2, -0.15) is 0 Å². The largest absolute Gasteiger partial charge is 0.149 e. The molecule has 0 saturated heterocycles. The molecule has 2 unspecified atom stereocenters. The molecule has 0 radical (unpaired) electrons. The van der Waals surface area contributed by atoms with Crippen molar-refractivity contribution in [3.05, 3.63) is 22.4 Å². The van der Waals surface area contributed by atoms with Gasteiger partial charge in [0.15, 0.2) is 0 Å². The van der Waals surface area contributed by atoms with Crippen molar-refractivity contribution >= 4 is 27.3 Å². The molecule has 0 spiro atoms. The lowest BCUT2D eigenvalue weighted by Crippen LogP contribution is -2.08. The zero-order valence-electron chi connectivity index (χ0n) is 7.00. The molecule has 0 aromatic carbocycles. The second-order valence-corrected chi connectivity index (χ2v) is 5.70. The van der Waals surface area contributed by atoms with Crippen molar-refractivity contribution in [2.24, 2.45) is 5.92 Å². The van der Waals surface area contributed by atoms with Crippen molar-refractivity contribution in [1.82, 2.24) is 0 Å². The van der Waals surface area contributed by atoms with E-state index in [9.17, 15) is 0 Å². The number of alkyl halides is 1. The van der Waals surface area contributed by atoms with Crippen LogP contribution in [0, 0.1) is 5.92 Å². The van der Waals surface area contributed by atoms with Crippen LogP contribution in [0.15, 0.2) is 17.5 Å². The van der Waals surface area contributed by atoms with E-state index in [-0.39, 0.29) is 0 Å². The number of hydrogen-bond acceptors (Lipinski definition) is 1. The van der Waals surface area contributed by atoms with Crippen molar-refractivity contribution in [3.63, 3.8) is 0 Å². The van der Waals surface area contributed by atoms with Crippen LogP contribution >= 0.6 is 27.3 Å². The Morgan fingerprint density at radius 2 is 2.42 bits per heavy atom. The van der Waals surface area contributed by atoms with Crippen LogP contribution in [0.3, 0.4) is 0 Å². The third-order valence-electron chi connectivity index (χ3n) is 2.61. The summed E-state index contributed by atoms with van der Waals surface area (Å²) in [5, 5.41) is 2.17. The minimum Gasteiger partial charge on any atom is -0.149 e. The van der Waals surface area contributed by atoms with Crippen LogP contribution in [0.1, 0.15) is 24.1 Å². The first-order valence-corrected chi connectivity index (χ1v) is 6.32. The topological polar surface area (TPSA) is 0 Å². The molecule has 2 heteroatoms. The average molecular weight is 245 g/mol. The Kier molecular flexibility index (Phi) is 2.87. The summed E-state index contributed by atoms with van der Waals surface area (Å²) in [6.45, 7) is 0. The fourth-order valence-corrected chi connectivity index (χ4v) is 3.48. The van der Waals surface area contributed by atoms with E-state index in [2.05, 4.69) is 33.4 Å². The van der Waals surface area contributed by atoms with Crippen molar-refractivity contribution in [2.75, 3.05) is 0 Å². The minimum absolute atomic E-state index is 0.777. The lowest BCUT2D eigenvalue weighted by Gasteiger charge is -2.11. The molecular formula is C10H13BrS. The maximum absolute atomic E-state index is 3.76. The van der Waals surface area contributed by atoms with Gasteiger partial charge in [0.2, 0.25) is 0 Å². The maximum atomic E-state index is 3.76. The lowest BCUT2D eigenvalue weighted by molar-refractivity contribution is 0.567. The Balaban J connectivity index is 1.95. The smallest absolute Gasteiger partial charge is 0.0177 e. The molecule has 1 aromatic heterocycles. The van der Waals surface area contributed by atoms with Gasteiger partial charge in [-0.05, 0) is 36.6 Å². The number of thiophene rings is 1. The summed E-state index contributed by atoms with van der Waals surface area (Å²) in [6, 6.07) is 4.40. The maximum Gasteiger partial charge on any atom is 0.0177 e. The molecule has 1 heterocycles. The molecule has 0 aliphatic heterocycles. The zero-order chi connectivity index (χ0) is 8.39. The highest BCUT2D eigenvalue weighted by Crippen LogP contribution is 2.34. The molecule has 0 nitrogen and oxygen atoms in total. The average Bonchev–Trinajstić information content (AvgIpc) is 2.65. The number of halogens is 1. The van der Waals surface area contributed by atoms with E-state index in [0.29, 0.717) is 0 Å². The second-order valence-electron chi connectivity index (χ2n) is 3.49. The van der Waals surface area contributed by atoms with Gasteiger partial charge in [-0.25, -0.2) is 0 Å². The van der Waals surface area contributed by atoms with Gasteiger partial charge in [0, 0.05) is 9.70 Å². The number of hydrogen-bond donors (Lipinski definition) is 0. The Morgan fingerprint density at radius 1 is 1.50 bits per heavy atom. The first kappa shape index (κ1) is 8.76. The van der Waals surface area contributed by atoms with Gasteiger partial charge in [0.05, 0.1) is 0 Å². The molecule has 0 bridgehead atoms. The third kappa shape index (κ3) is 1.91. The summed E-state index contributed by atoms with van der Waals surface area (Å²) in [5.74, 6) is 0.892. The lowest BCUT2D eigenvalue weighted by atomic mass is 10.0. The van der Waals surface area contributed by atoms with E-state index in [0.717, 1.165) is 10.7 Å². The number of rotatable bonds is 2. The standard InChI is InChI=1S/C10H13BrS/c11-10-5-1-3-8(10)7-9-4-2-6-12-9/h2,4,6,8,10H,1,3,5,7H2. The zero-order valence-corrected chi connectivity index (χ0v) is 9.40. The van der Waals surface area contributed by atoms with Gasteiger partial charge in [-0.1, -0.05) is 28.4 Å². The van der Waals surface area contributed by atoms with Crippen LogP contribution in [-0.4, -0.2) is 4.83 Å². The Bertz CT molecular complexity index is 230.